The molecule has 0 bridgehead atoms. The lowest BCUT2D eigenvalue weighted by molar-refractivity contribution is 0.410. The van der Waals surface area contributed by atoms with E-state index in [1.807, 2.05) is 42.5 Å². The van der Waals surface area contributed by atoms with Crippen molar-refractivity contribution in [3.63, 3.8) is 0 Å². The Morgan fingerprint density at radius 1 is 1.00 bits per heavy atom. The number of aryl methyl sites for hydroxylation is 1. The van der Waals surface area contributed by atoms with Crippen LogP contribution in [0.25, 0.3) is 0 Å². The molecule has 2 aromatic carbocycles. The Morgan fingerprint density at radius 2 is 1.88 bits per heavy atom. The number of benzene rings is 2. The molecule has 3 nitrogen and oxygen atoms in total. The van der Waals surface area contributed by atoms with Crippen molar-refractivity contribution < 1.29 is 9.15 Å². The molecule has 3 heteroatoms. The van der Waals surface area contributed by atoms with Crippen molar-refractivity contribution in [3.05, 3.63) is 83.8 Å². The second-order valence-corrected chi connectivity index (χ2v) is 6.19. The molecule has 1 N–H and O–H groups in total. The van der Waals surface area contributed by atoms with Gasteiger partial charge in [-0.2, -0.15) is 0 Å². The smallest absolute Gasteiger partial charge is 0.127 e. The van der Waals surface area contributed by atoms with Crippen molar-refractivity contribution >= 4 is 0 Å². The first kappa shape index (κ1) is 15.0. The van der Waals surface area contributed by atoms with Gasteiger partial charge in [-0.05, 0) is 48.7 Å². The molecular formula is C21H21NO2. The van der Waals surface area contributed by atoms with Crippen molar-refractivity contribution in [2.45, 2.75) is 31.8 Å². The van der Waals surface area contributed by atoms with Crippen LogP contribution < -0.4 is 10.1 Å². The minimum atomic E-state index is 0.381. The third-order valence-corrected chi connectivity index (χ3v) is 4.48. The Hall–Kier alpha value is -2.52. The van der Waals surface area contributed by atoms with Gasteiger partial charge in [0.05, 0.1) is 6.26 Å². The van der Waals surface area contributed by atoms with Gasteiger partial charge in [0, 0.05) is 24.6 Å². The SMILES string of the molecule is c1ccc(Oc2cccc(CNC3CCCc4occc43)c2)cc1. The number of ether oxygens (including phenoxy) is 1. The average Bonchev–Trinajstić information content (AvgIpc) is 3.10. The van der Waals surface area contributed by atoms with Crippen LogP contribution in [0.1, 0.15) is 35.8 Å². The second-order valence-electron chi connectivity index (χ2n) is 6.19. The molecule has 24 heavy (non-hydrogen) atoms. The van der Waals surface area contributed by atoms with Gasteiger partial charge >= 0.3 is 0 Å². The Balaban J connectivity index is 1.42. The van der Waals surface area contributed by atoms with E-state index >= 15 is 0 Å². The normalized spacial score (nSPS) is 16.6. The predicted octanol–water partition coefficient (Wildman–Crippen LogP) is 5.24. The summed E-state index contributed by atoms with van der Waals surface area (Å²) in [5.74, 6) is 2.87. The summed E-state index contributed by atoms with van der Waals surface area (Å²) < 4.78 is 11.5. The van der Waals surface area contributed by atoms with Gasteiger partial charge in [-0.25, -0.2) is 0 Å². The summed E-state index contributed by atoms with van der Waals surface area (Å²) in [4.78, 5) is 0. The van der Waals surface area contributed by atoms with Crippen LogP contribution in [-0.4, -0.2) is 0 Å². The van der Waals surface area contributed by atoms with Crippen LogP contribution in [0.15, 0.2) is 71.3 Å². The largest absolute Gasteiger partial charge is 0.469 e. The van der Waals surface area contributed by atoms with Gasteiger partial charge < -0.3 is 14.5 Å². The molecule has 1 aromatic heterocycles. The van der Waals surface area contributed by atoms with E-state index < -0.39 is 0 Å². The van der Waals surface area contributed by atoms with Crippen molar-refractivity contribution in [3.8, 4) is 11.5 Å². The van der Waals surface area contributed by atoms with Gasteiger partial charge in [-0.1, -0.05) is 30.3 Å². The van der Waals surface area contributed by atoms with Gasteiger partial charge in [0.2, 0.25) is 0 Å². The fourth-order valence-corrected chi connectivity index (χ4v) is 3.28. The standard InChI is InChI=1S/C21H21NO2/c1-2-7-17(8-3-1)24-18-9-4-6-16(14-18)15-22-20-10-5-11-21-19(20)12-13-23-21/h1-4,6-9,12-14,20,22H,5,10-11,15H2. The van der Waals surface area contributed by atoms with Gasteiger partial charge in [-0.15, -0.1) is 0 Å². The fourth-order valence-electron chi connectivity index (χ4n) is 3.28. The lowest BCUT2D eigenvalue weighted by Crippen LogP contribution is -2.24. The van der Waals surface area contributed by atoms with E-state index in [-0.39, 0.29) is 0 Å². The van der Waals surface area contributed by atoms with Crippen molar-refractivity contribution in [1.29, 1.82) is 0 Å². The lowest BCUT2D eigenvalue weighted by Gasteiger charge is -2.23. The zero-order chi connectivity index (χ0) is 16.2. The van der Waals surface area contributed by atoms with Crippen LogP contribution in [0.4, 0.5) is 0 Å². The lowest BCUT2D eigenvalue weighted by atomic mass is 9.93. The van der Waals surface area contributed by atoms with E-state index in [9.17, 15) is 0 Å². The first-order valence-corrected chi connectivity index (χ1v) is 8.50. The summed E-state index contributed by atoms with van der Waals surface area (Å²) in [6.45, 7) is 0.821. The number of hydrogen-bond acceptors (Lipinski definition) is 3. The summed E-state index contributed by atoms with van der Waals surface area (Å²) in [6.07, 6.45) is 5.20. The molecule has 122 valence electrons. The summed E-state index contributed by atoms with van der Waals surface area (Å²) in [5.41, 5.74) is 2.54. The first-order chi connectivity index (χ1) is 11.9. The molecule has 1 heterocycles. The Labute approximate surface area is 142 Å². The Bertz CT molecular complexity index is 794. The molecule has 0 saturated heterocycles. The van der Waals surface area contributed by atoms with Crippen LogP contribution in [0, 0.1) is 0 Å². The van der Waals surface area contributed by atoms with Crippen LogP contribution in [0.2, 0.25) is 0 Å². The van der Waals surface area contributed by atoms with Crippen LogP contribution in [0.5, 0.6) is 11.5 Å². The number of hydrogen-bond donors (Lipinski definition) is 1. The Kier molecular flexibility index (Phi) is 4.34. The number of para-hydroxylation sites is 1. The van der Waals surface area contributed by atoms with Crippen molar-refractivity contribution in [2.24, 2.45) is 0 Å². The number of rotatable bonds is 5. The van der Waals surface area contributed by atoms with E-state index in [1.165, 1.54) is 17.5 Å². The maximum absolute atomic E-state index is 5.91. The van der Waals surface area contributed by atoms with Gasteiger partial charge in [0.25, 0.3) is 0 Å². The topological polar surface area (TPSA) is 34.4 Å². The zero-order valence-corrected chi connectivity index (χ0v) is 13.6. The maximum atomic E-state index is 5.91. The molecule has 4 rings (SSSR count). The van der Waals surface area contributed by atoms with Crippen LogP contribution in [-0.2, 0) is 13.0 Å². The highest BCUT2D eigenvalue weighted by Gasteiger charge is 2.21. The molecule has 1 atom stereocenters. The molecule has 0 fully saturated rings. The summed E-state index contributed by atoms with van der Waals surface area (Å²) in [7, 11) is 0. The highest BCUT2D eigenvalue weighted by Crippen LogP contribution is 2.31. The van der Waals surface area contributed by atoms with Crippen molar-refractivity contribution in [1.82, 2.24) is 5.32 Å². The van der Waals surface area contributed by atoms with Gasteiger partial charge in [0.1, 0.15) is 17.3 Å². The maximum Gasteiger partial charge on any atom is 0.127 e. The third kappa shape index (κ3) is 3.36. The van der Waals surface area contributed by atoms with E-state index in [0.717, 1.165) is 36.6 Å². The summed E-state index contributed by atoms with van der Waals surface area (Å²) in [5, 5.41) is 3.66. The number of nitrogens with one attached hydrogen (secondary N) is 1. The highest BCUT2D eigenvalue weighted by molar-refractivity contribution is 5.34. The molecule has 3 aromatic rings. The quantitative estimate of drug-likeness (QED) is 0.698. The number of fused-ring (bicyclic) bond motifs is 1. The van der Waals surface area contributed by atoms with Crippen molar-refractivity contribution in [2.75, 3.05) is 0 Å². The number of furan rings is 1. The van der Waals surface area contributed by atoms with E-state index in [4.69, 9.17) is 9.15 Å². The summed E-state index contributed by atoms with van der Waals surface area (Å²) in [6, 6.07) is 20.6. The van der Waals surface area contributed by atoms with Crippen LogP contribution in [0.3, 0.4) is 0 Å². The minimum absolute atomic E-state index is 0.381. The molecule has 0 spiro atoms. The van der Waals surface area contributed by atoms with E-state index in [1.54, 1.807) is 6.26 Å². The van der Waals surface area contributed by atoms with E-state index in [0.29, 0.717) is 6.04 Å². The summed E-state index contributed by atoms with van der Waals surface area (Å²) >= 11 is 0. The predicted molar refractivity (Wildman–Crippen MR) is 94.2 cm³/mol. The molecule has 0 radical (unpaired) electrons. The van der Waals surface area contributed by atoms with Gasteiger partial charge in [0.15, 0.2) is 0 Å². The zero-order valence-electron chi connectivity index (χ0n) is 13.6. The minimum Gasteiger partial charge on any atom is -0.469 e. The fraction of sp³-hybridized carbons (Fsp3) is 0.238. The monoisotopic (exact) mass is 319 g/mol. The molecule has 1 aliphatic rings. The average molecular weight is 319 g/mol. The highest BCUT2D eigenvalue weighted by atomic mass is 16.5. The van der Waals surface area contributed by atoms with Gasteiger partial charge in [-0.3, -0.25) is 0 Å². The Morgan fingerprint density at radius 3 is 2.79 bits per heavy atom. The second kappa shape index (κ2) is 6.93. The van der Waals surface area contributed by atoms with E-state index in [2.05, 4.69) is 23.5 Å². The first-order valence-electron chi connectivity index (χ1n) is 8.50. The molecule has 1 aliphatic carbocycles. The third-order valence-electron chi connectivity index (χ3n) is 4.48. The molecule has 0 saturated carbocycles. The molecular weight excluding hydrogens is 298 g/mol. The molecule has 0 amide bonds. The molecule has 1 unspecified atom stereocenters. The molecule has 0 aliphatic heterocycles. The van der Waals surface area contributed by atoms with Crippen LogP contribution >= 0.6 is 0 Å².